The highest BCUT2D eigenvalue weighted by Crippen LogP contribution is 2.17. The molecule has 104 valence electrons. The van der Waals surface area contributed by atoms with Gasteiger partial charge in [0.15, 0.2) is 16.4 Å². The molecule has 0 spiro atoms. The number of ether oxygens (including phenoxy) is 1. The van der Waals surface area contributed by atoms with Crippen LogP contribution in [0.1, 0.15) is 6.92 Å². The molecule has 6 heteroatoms. The molecule has 19 heavy (non-hydrogen) atoms. The maximum Gasteiger partial charge on any atom is 0.260 e. The molecule has 0 radical (unpaired) electrons. The smallest absolute Gasteiger partial charge is 0.260 e. The Labute approximate surface area is 113 Å². The fourth-order valence-corrected chi connectivity index (χ4v) is 3.14. The van der Waals surface area contributed by atoms with E-state index >= 15 is 0 Å². The average molecular weight is 283 g/mol. The lowest BCUT2D eigenvalue weighted by Gasteiger charge is -2.38. The average Bonchev–Trinajstić information content (AvgIpc) is 2.35. The van der Waals surface area contributed by atoms with E-state index in [9.17, 15) is 13.2 Å². The molecule has 1 amide bonds. The number of benzene rings is 1. The van der Waals surface area contributed by atoms with Gasteiger partial charge in [-0.2, -0.15) is 0 Å². The quantitative estimate of drug-likeness (QED) is 0.798. The number of likely N-dealkylation sites (tertiary alicyclic amines) is 1. The third-order valence-corrected chi connectivity index (χ3v) is 5.34. The monoisotopic (exact) mass is 283 g/mol. The maximum atomic E-state index is 11.8. The van der Waals surface area contributed by atoms with Crippen molar-refractivity contribution in [2.45, 2.75) is 12.2 Å². The summed E-state index contributed by atoms with van der Waals surface area (Å²) in [4.78, 5) is 13.3. The van der Waals surface area contributed by atoms with E-state index in [0.717, 1.165) is 0 Å². The number of sulfone groups is 1. The van der Waals surface area contributed by atoms with Crippen molar-refractivity contribution in [1.29, 1.82) is 0 Å². The largest absolute Gasteiger partial charge is 0.484 e. The Kier molecular flexibility index (Phi) is 4.09. The first-order valence-electron chi connectivity index (χ1n) is 6.20. The van der Waals surface area contributed by atoms with Crippen LogP contribution >= 0.6 is 0 Å². The van der Waals surface area contributed by atoms with Crippen LogP contribution in [-0.4, -0.2) is 49.9 Å². The number of rotatable bonds is 5. The van der Waals surface area contributed by atoms with E-state index in [1.54, 1.807) is 19.1 Å². The summed E-state index contributed by atoms with van der Waals surface area (Å²) in [5.41, 5.74) is 0. The van der Waals surface area contributed by atoms with Crippen molar-refractivity contribution in [2.24, 2.45) is 0 Å². The molecule has 1 saturated heterocycles. The number of carbonyl (C=O) groups is 1. The van der Waals surface area contributed by atoms with E-state index in [1.807, 2.05) is 18.2 Å². The fourth-order valence-electron chi connectivity index (χ4n) is 1.86. The highest BCUT2D eigenvalue weighted by atomic mass is 32.2. The first-order valence-corrected chi connectivity index (χ1v) is 7.91. The molecule has 0 atom stereocenters. The predicted octanol–water partition coefficient (Wildman–Crippen LogP) is 0.711. The minimum Gasteiger partial charge on any atom is -0.484 e. The van der Waals surface area contributed by atoms with E-state index in [0.29, 0.717) is 5.75 Å². The number of hydrogen-bond donors (Lipinski definition) is 0. The Balaban J connectivity index is 1.78. The normalized spacial score (nSPS) is 15.9. The molecule has 1 aliphatic rings. The van der Waals surface area contributed by atoms with Gasteiger partial charge in [0.1, 0.15) is 5.75 Å². The van der Waals surface area contributed by atoms with Gasteiger partial charge in [0.2, 0.25) is 0 Å². The first-order chi connectivity index (χ1) is 9.03. The van der Waals surface area contributed by atoms with Crippen LogP contribution in [0.4, 0.5) is 0 Å². The molecule has 0 N–H and O–H groups in total. The standard InChI is InChI=1S/C13H17NO4S/c1-2-19(16,17)12-8-14(9-12)13(15)10-18-11-6-4-3-5-7-11/h3-7,12H,2,8-10H2,1H3. The Morgan fingerprint density at radius 1 is 1.32 bits per heavy atom. The molecule has 0 bridgehead atoms. The maximum absolute atomic E-state index is 11.8. The van der Waals surface area contributed by atoms with E-state index in [2.05, 4.69) is 0 Å². The van der Waals surface area contributed by atoms with Gasteiger partial charge >= 0.3 is 0 Å². The summed E-state index contributed by atoms with van der Waals surface area (Å²) in [6.07, 6.45) is 0. The summed E-state index contributed by atoms with van der Waals surface area (Å²) in [7, 11) is -3.03. The van der Waals surface area contributed by atoms with E-state index in [-0.39, 0.29) is 31.4 Å². The third-order valence-electron chi connectivity index (χ3n) is 3.22. The van der Waals surface area contributed by atoms with Crippen molar-refractivity contribution in [1.82, 2.24) is 4.90 Å². The van der Waals surface area contributed by atoms with Gasteiger partial charge in [-0.15, -0.1) is 0 Å². The van der Waals surface area contributed by atoms with Crippen molar-refractivity contribution >= 4 is 15.7 Å². The van der Waals surface area contributed by atoms with Crippen LogP contribution in [0.25, 0.3) is 0 Å². The molecule has 1 aromatic rings. The summed E-state index contributed by atoms with van der Waals surface area (Å²) in [6.45, 7) is 2.14. The van der Waals surface area contributed by atoms with Crippen LogP contribution in [0.15, 0.2) is 30.3 Å². The second-order valence-corrected chi connectivity index (χ2v) is 7.04. The van der Waals surface area contributed by atoms with Gasteiger partial charge in [-0.1, -0.05) is 25.1 Å². The fraction of sp³-hybridized carbons (Fsp3) is 0.462. The lowest BCUT2D eigenvalue weighted by Crippen LogP contribution is -2.58. The van der Waals surface area contributed by atoms with Crippen molar-refractivity contribution in [3.8, 4) is 5.75 Å². The van der Waals surface area contributed by atoms with Crippen LogP contribution < -0.4 is 4.74 Å². The zero-order valence-electron chi connectivity index (χ0n) is 10.8. The van der Waals surface area contributed by atoms with E-state index < -0.39 is 15.1 Å². The molecular formula is C13H17NO4S. The Hall–Kier alpha value is -1.56. The molecule has 2 rings (SSSR count). The zero-order chi connectivity index (χ0) is 13.9. The van der Waals surface area contributed by atoms with Crippen LogP contribution in [-0.2, 0) is 14.6 Å². The topological polar surface area (TPSA) is 63.7 Å². The highest BCUT2D eigenvalue weighted by Gasteiger charge is 2.38. The molecule has 0 unspecified atom stereocenters. The molecular weight excluding hydrogens is 266 g/mol. The first kappa shape index (κ1) is 13.9. The Bertz CT molecular complexity index is 535. The number of nitrogens with zero attached hydrogens (tertiary/aromatic N) is 1. The van der Waals surface area contributed by atoms with Gasteiger partial charge in [0.05, 0.1) is 5.25 Å². The summed E-state index contributed by atoms with van der Waals surface area (Å²) >= 11 is 0. The molecule has 0 saturated carbocycles. The number of para-hydroxylation sites is 1. The van der Waals surface area contributed by atoms with Crippen molar-refractivity contribution in [3.05, 3.63) is 30.3 Å². The Morgan fingerprint density at radius 3 is 2.53 bits per heavy atom. The molecule has 0 aliphatic carbocycles. The number of amides is 1. The second kappa shape index (κ2) is 5.61. The van der Waals surface area contributed by atoms with Gasteiger partial charge in [0, 0.05) is 18.8 Å². The summed E-state index contributed by atoms with van der Waals surface area (Å²) in [5.74, 6) is 0.584. The molecule has 1 aliphatic heterocycles. The molecule has 1 heterocycles. The molecule has 5 nitrogen and oxygen atoms in total. The highest BCUT2D eigenvalue weighted by molar-refractivity contribution is 7.92. The summed E-state index contributed by atoms with van der Waals surface area (Å²) in [5, 5.41) is -0.404. The third kappa shape index (κ3) is 3.26. The van der Waals surface area contributed by atoms with Crippen molar-refractivity contribution in [3.63, 3.8) is 0 Å². The minimum atomic E-state index is -3.03. The van der Waals surface area contributed by atoms with Crippen LogP contribution in [0, 0.1) is 0 Å². The second-order valence-electron chi connectivity index (χ2n) is 4.47. The van der Waals surface area contributed by atoms with Crippen molar-refractivity contribution in [2.75, 3.05) is 25.4 Å². The number of carbonyl (C=O) groups excluding carboxylic acids is 1. The molecule has 1 aromatic carbocycles. The van der Waals surface area contributed by atoms with Gasteiger partial charge in [-0.25, -0.2) is 8.42 Å². The zero-order valence-corrected chi connectivity index (χ0v) is 11.6. The minimum absolute atomic E-state index is 0.0527. The van der Waals surface area contributed by atoms with Crippen LogP contribution in [0.2, 0.25) is 0 Å². The lowest BCUT2D eigenvalue weighted by molar-refractivity contribution is -0.136. The van der Waals surface area contributed by atoms with E-state index in [1.165, 1.54) is 4.90 Å². The summed E-state index contributed by atoms with van der Waals surface area (Å²) in [6, 6.07) is 9.06. The lowest BCUT2D eigenvalue weighted by atomic mass is 10.2. The van der Waals surface area contributed by atoms with Gasteiger partial charge in [-0.3, -0.25) is 4.79 Å². The molecule has 0 aromatic heterocycles. The molecule has 1 fully saturated rings. The van der Waals surface area contributed by atoms with E-state index in [4.69, 9.17) is 4.74 Å². The van der Waals surface area contributed by atoms with Gasteiger partial charge in [0.25, 0.3) is 5.91 Å². The Morgan fingerprint density at radius 2 is 1.95 bits per heavy atom. The van der Waals surface area contributed by atoms with Gasteiger partial charge < -0.3 is 9.64 Å². The number of hydrogen-bond acceptors (Lipinski definition) is 4. The van der Waals surface area contributed by atoms with Crippen LogP contribution in [0.5, 0.6) is 5.75 Å². The van der Waals surface area contributed by atoms with Crippen LogP contribution in [0.3, 0.4) is 0 Å². The van der Waals surface area contributed by atoms with Crippen molar-refractivity contribution < 1.29 is 17.9 Å². The SMILES string of the molecule is CCS(=O)(=O)C1CN(C(=O)COc2ccccc2)C1. The predicted molar refractivity (Wildman–Crippen MR) is 71.8 cm³/mol. The van der Waals surface area contributed by atoms with Gasteiger partial charge in [-0.05, 0) is 12.1 Å². The summed E-state index contributed by atoms with van der Waals surface area (Å²) < 4.78 is 28.5.